The van der Waals surface area contributed by atoms with Crippen LogP contribution in [0.3, 0.4) is 0 Å². The van der Waals surface area contributed by atoms with Gasteiger partial charge in [-0.2, -0.15) is 0 Å². The summed E-state index contributed by atoms with van der Waals surface area (Å²) in [6.45, 7) is 2.24. The summed E-state index contributed by atoms with van der Waals surface area (Å²) in [5.74, 6) is -4.91. The van der Waals surface area contributed by atoms with Crippen LogP contribution in [0.25, 0.3) is 0 Å². The number of halogens is 3. The lowest BCUT2D eigenvalue weighted by Gasteiger charge is -2.18. The van der Waals surface area contributed by atoms with Crippen LogP contribution < -0.4 is 20.3 Å². The van der Waals surface area contributed by atoms with Crippen molar-refractivity contribution in [3.63, 3.8) is 0 Å². The molecule has 2 amide bonds. The Kier molecular flexibility index (Phi) is 8.02. The molecule has 1 atom stereocenters. The van der Waals surface area contributed by atoms with E-state index in [4.69, 9.17) is 4.74 Å². The van der Waals surface area contributed by atoms with Gasteiger partial charge in [-0.3, -0.25) is 9.59 Å². The number of nitrogens with one attached hydrogen (secondary N) is 3. The van der Waals surface area contributed by atoms with Gasteiger partial charge in [0.1, 0.15) is 5.75 Å². The van der Waals surface area contributed by atoms with Gasteiger partial charge in [0.25, 0.3) is 11.8 Å². The normalized spacial score (nSPS) is 11.6. The number of amides is 2. The average Bonchev–Trinajstić information content (AvgIpc) is 2.69. The van der Waals surface area contributed by atoms with Crippen molar-refractivity contribution in [2.45, 2.75) is 13.3 Å². The molecule has 2 aromatic carbocycles. The molecule has 0 aliphatic heterocycles. The highest BCUT2D eigenvalue weighted by atomic mass is 19.2. The molecule has 0 radical (unpaired) electrons. The van der Waals surface area contributed by atoms with Gasteiger partial charge < -0.3 is 20.3 Å². The fourth-order valence-corrected chi connectivity index (χ4v) is 2.81. The van der Waals surface area contributed by atoms with E-state index in [0.29, 0.717) is 29.3 Å². The van der Waals surface area contributed by atoms with Gasteiger partial charge in [0.2, 0.25) is 0 Å². The first kappa shape index (κ1) is 22.2. The Morgan fingerprint density at radius 3 is 2.17 bits per heavy atom. The fraction of sp³-hybridized carbons (Fsp3) is 0.300. The number of hydrogen-bond acceptors (Lipinski definition) is 3. The zero-order chi connectivity index (χ0) is 21.4. The summed E-state index contributed by atoms with van der Waals surface area (Å²) in [5, 5.41) is 4.94. The molecule has 0 saturated heterocycles. The van der Waals surface area contributed by atoms with E-state index in [2.05, 4.69) is 10.6 Å². The third-order valence-corrected chi connectivity index (χ3v) is 4.12. The molecule has 0 fully saturated rings. The highest BCUT2D eigenvalue weighted by Crippen LogP contribution is 2.22. The largest absolute Gasteiger partial charge is 0.495 e. The van der Waals surface area contributed by atoms with E-state index in [0.717, 1.165) is 12.1 Å². The third-order valence-electron chi connectivity index (χ3n) is 4.12. The molecule has 0 bridgehead atoms. The monoisotopic (exact) mass is 410 g/mol. The summed E-state index contributed by atoms with van der Waals surface area (Å²) in [6.07, 6.45) is 0.699. The van der Waals surface area contributed by atoms with E-state index < -0.39 is 29.0 Å². The molecule has 0 saturated carbocycles. The summed E-state index contributed by atoms with van der Waals surface area (Å²) >= 11 is 0. The van der Waals surface area contributed by atoms with E-state index in [1.54, 1.807) is 24.3 Å². The van der Waals surface area contributed by atoms with Crippen molar-refractivity contribution >= 4 is 23.2 Å². The maximum Gasteiger partial charge on any atom is 0.279 e. The van der Waals surface area contributed by atoms with Crippen molar-refractivity contribution in [3.8, 4) is 5.75 Å². The van der Waals surface area contributed by atoms with E-state index >= 15 is 0 Å². The zero-order valence-electron chi connectivity index (χ0n) is 16.2. The molecule has 6 nitrogen and oxygen atoms in total. The van der Waals surface area contributed by atoms with Gasteiger partial charge in [-0.1, -0.05) is 19.1 Å². The Labute approximate surface area is 166 Å². The number of carbonyl (C=O) groups excluding carboxylic acids is 2. The lowest BCUT2D eigenvalue weighted by molar-refractivity contribution is -0.883. The van der Waals surface area contributed by atoms with Gasteiger partial charge >= 0.3 is 0 Å². The Morgan fingerprint density at radius 1 is 0.931 bits per heavy atom. The molecule has 29 heavy (non-hydrogen) atoms. The molecular formula is C20H23F3N3O3+. The van der Waals surface area contributed by atoms with Crippen molar-refractivity contribution in [2.24, 2.45) is 0 Å². The van der Waals surface area contributed by atoms with Crippen molar-refractivity contribution < 1.29 is 32.4 Å². The standard InChI is InChI=1S/C20H22F3N3O3/c1-3-10-26(11-17(27)24-14-6-4-5-7-16(14)29-2)12-18(28)25-15-9-8-13(21)19(22)20(15)23/h4-9H,3,10-12H2,1-2H3,(H,24,27)(H,25,28)/p+1. The van der Waals surface area contributed by atoms with Crippen LogP contribution in [0.5, 0.6) is 5.75 Å². The van der Waals surface area contributed by atoms with Gasteiger partial charge in [0.05, 0.1) is 25.0 Å². The Hall–Kier alpha value is -3.07. The SMILES string of the molecule is CCC[NH+](CC(=O)Nc1ccccc1OC)CC(=O)Nc1ccc(F)c(F)c1F. The second-order valence-corrected chi connectivity index (χ2v) is 6.37. The number of hydrogen-bond donors (Lipinski definition) is 3. The van der Waals surface area contributed by atoms with Gasteiger partial charge in [0.15, 0.2) is 30.5 Å². The number of methoxy groups -OCH3 is 1. The fourth-order valence-electron chi connectivity index (χ4n) is 2.81. The number of anilines is 2. The van der Waals surface area contributed by atoms with Gasteiger partial charge in [-0.05, 0) is 30.7 Å². The van der Waals surface area contributed by atoms with E-state index in [1.165, 1.54) is 7.11 Å². The Morgan fingerprint density at radius 2 is 1.55 bits per heavy atom. The molecular weight excluding hydrogens is 387 g/mol. The molecule has 3 N–H and O–H groups in total. The van der Waals surface area contributed by atoms with Crippen LogP contribution in [-0.2, 0) is 9.59 Å². The van der Waals surface area contributed by atoms with Crippen molar-refractivity contribution in [1.82, 2.24) is 0 Å². The summed E-state index contributed by atoms with van der Waals surface area (Å²) in [5.41, 5.74) is 0.0485. The minimum atomic E-state index is -1.66. The maximum atomic E-state index is 13.7. The first-order valence-corrected chi connectivity index (χ1v) is 9.05. The second-order valence-electron chi connectivity index (χ2n) is 6.37. The number of rotatable bonds is 9. The molecule has 156 valence electrons. The predicted molar refractivity (Wildman–Crippen MR) is 102 cm³/mol. The Balaban J connectivity index is 1.99. The first-order valence-electron chi connectivity index (χ1n) is 9.05. The second kappa shape index (κ2) is 10.5. The topological polar surface area (TPSA) is 71.9 Å². The molecule has 0 spiro atoms. The van der Waals surface area contributed by atoms with E-state index in [1.807, 2.05) is 6.92 Å². The van der Waals surface area contributed by atoms with Crippen LogP contribution >= 0.6 is 0 Å². The summed E-state index contributed by atoms with van der Waals surface area (Å²) in [7, 11) is 1.49. The van der Waals surface area contributed by atoms with Crippen LogP contribution in [-0.4, -0.2) is 38.6 Å². The lowest BCUT2D eigenvalue weighted by atomic mass is 10.2. The zero-order valence-corrected chi connectivity index (χ0v) is 16.2. The van der Waals surface area contributed by atoms with Crippen molar-refractivity contribution in [1.29, 1.82) is 0 Å². The summed E-state index contributed by atoms with van der Waals surface area (Å²) in [6, 6.07) is 8.58. The Bertz CT molecular complexity index is 877. The summed E-state index contributed by atoms with van der Waals surface area (Å²) < 4.78 is 45.2. The van der Waals surface area contributed by atoms with Gasteiger partial charge in [-0.15, -0.1) is 0 Å². The van der Waals surface area contributed by atoms with Crippen LogP contribution in [0.2, 0.25) is 0 Å². The minimum Gasteiger partial charge on any atom is -0.495 e. The van der Waals surface area contributed by atoms with Gasteiger partial charge in [-0.25, -0.2) is 13.2 Å². The lowest BCUT2D eigenvalue weighted by Crippen LogP contribution is -3.14. The molecule has 0 aliphatic rings. The number of quaternary nitrogens is 1. The molecule has 2 rings (SSSR count). The first-order chi connectivity index (χ1) is 13.8. The van der Waals surface area contributed by atoms with Crippen LogP contribution in [0, 0.1) is 17.5 Å². The van der Waals surface area contributed by atoms with Crippen LogP contribution in [0.15, 0.2) is 36.4 Å². The van der Waals surface area contributed by atoms with Crippen LogP contribution in [0.4, 0.5) is 24.5 Å². The number of para-hydroxylation sites is 2. The quantitative estimate of drug-likeness (QED) is 0.554. The van der Waals surface area contributed by atoms with Crippen LogP contribution in [0.1, 0.15) is 13.3 Å². The number of benzene rings is 2. The van der Waals surface area contributed by atoms with E-state index in [-0.39, 0.29) is 19.0 Å². The molecule has 9 heteroatoms. The average molecular weight is 410 g/mol. The number of carbonyl (C=O) groups is 2. The summed E-state index contributed by atoms with van der Waals surface area (Å²) in [4.78, 5) is 25.2. The maximum absolute atomic E-state index is 13.7. The molecule has 0 heterocycles. The third kappa shape index (κ3) is 6.21. The minimum absolute atomic E-state index is 0.0143. The predicted octanol–water partition coefficient (Wildman–Crippen LogP) is 1.98. The van der Waals surface area contributed by atoms with E-state index in [9.17, 15) is 22.8 Å². The smallest absolute Gasteiger partial charge is 0.279 e. The highest BCUT2D eigenvalue weighted by molar-refractivity contribution is 5.94. The van der Waals surface area contributed by atoms with Gasteiger partial charge in [0, 0.05) is 0 Å². The molecule has 1 unspecified atom stereocenters. The van der Waals surface area contributed by atoms with Crippen molar-refractivity contribution in [3.05, 3.63) is 53.8 Å². The molecule has 0 aromatic heterocycles. The van der Waals surface area contributed by atoms with Crippen molar-refractivity contribution in [2.75, 3.05) is 37.4 Å². The molecule has 2 aromatic rings. The molecule has 0 aliphatic carbocycles. The number of ether oxygens (including phenoxy) is 1. The highest BCUT2D eigenvalue weighted by Gasteiger charge is 2.21.